The monoisotopic (exact) mass is 324 g/mol. The van der Waals surface area contributed by atoms with Crippen molar-refractivity contribution in [2.45, 2.75) is 19.5 Å². The summed E-state index contributed by atoms with van der Waals surface area (Å²) >= 11 is 0. The summed E-state index contributed by atoms with van der Waals surface area (Å²) in [7, 11) is 0. The minimum Gasteiger partial charge on any atom is -0.328 e. The summed E-state index contributed by atoms with van der Waals surface area (Å²) in [6.07, 6.45) is 1.39. The number of imidazole rings is 1. The Labute approximate surface area is 137 Å². The Hall–Kier alpha value is -3.16. The van der Waals surface area contributed by atoms with Crippen molar-refractivity contribution in [1.82, 2.24) is 29.6 Å². The van der Waals surface area contributed by atoms with Crippen molar-refractivity contribution < 1.29 is 4.79 Å². The lowest BCUT2D eigenvalue weighted by molar-refractivity contribution is 0.0676. The number of carbonyl (C=O) groups is 1. The van der Waals surface area contributed by atoms with E-state index in [-0.39, 0.29) is 17.6 Å². The maximum Gasteiger partial charge on any atom is 0.323 e. The Kier molecular flexibility index (Phi) is 3.30. The molecule has 1 aliphatic heterocycles. The van der Waals surface area contributed by atoms with E-state index in [1.165, 1.54) is 6.20 Å². The molecular weight excluding hydrogens is 308 g/mol. The van der Waals surface area contributed by atoms with Crippen LogP contribution in [0.1, 0.15) is 29.3 Å². The lowest BCUT2D eigenvalue weighted by Gasteiger charge is -2.32. The molecule has 4 rings (SSSR count). The number of aromatic nitrogens is 5. The third-order valence-electron chi connectivity index (χ3n) is 4.17. The summed E-state index contributed by atoms with van der Waals surface area (Å²) in [4.78, 5) is 30.3. The van der Waals surface area contributed by atoms with Gasteiger partial charge in [0.15, 0.2) is 11.6 Å². The molecule has 8 nitrogen and oxygen atoms in total. The maximum atomic E-state index is 12.5. The molecule has 2 aromatic heterocycles. The second-order valence-electron chi connectivity index (χ2n) is 5.87. The predicted octanol–water partition coefficient (Wildman–Crippen LogP) is 1.18. The number of hydrogen-bond acceptors (Lipinski definition) is 4. The summed E-state index contributed by atoms with van der Waals surface area (Å²) in [6, 6.07) is 9.90. The van der Waals surface area contributed by atoms with E-state index < -0.39 is 5.69 Å². The van der Waals surface area contributed by atoms with Crippen molar-refractivity contribution in [2.24, 2.45) is 0 Å². The van der Waals surface area contributed by atoms with Crippen LogP contribution >= 0.6 is 0 Å². The number of rotatable bonds is 2. The zero-order chi connectivity index (χ0) is 16.7. The zero-order valence-corrected chi connectivity index (χ0v) is 13.1. The first kappa shape index (κ1) is 14.4. The van der Waals surface area contributed by atoms with Gasteiger partial charge in [0.2, 0.25) is 0 Å². The number of nitrogens with one attached hydrogen (secondary N) is 2. The average molecular weight is 324 g/mol. The molecule has 1 aromatic carbocycles. The van der Waals surface area contributed by atoms with Crippen LogP contribution in [0, 0.1) is 0 Å². The van der Waals surface area contributed by atoms with Crippen molar-refractivity contribution in [3.63, 3.8) is 0 Å². The van der Waals surface area contributed by atoms with E-state index >= 15 is 0 Å². The number of nitrogens with zero attached hydrogens (tertiary/aromatic N) is 4. The average Bonchev–Trinajstić information content (AvgIpc) is 3.21. The summed E-state index contributed by atoms with van der Waals surface area (Å²) in [5.41, 5.74) is 0.860. The van der Waals surface area contributed by atoms with Gasteiger partial charge in [0, 0.05) is 18.3 Å². The molecule has 24 heavy (non-hydrogen) atoms. The minimum atomic E-state index is -0.391. The van der Waals surface area contributed by atoms with E-state index in [0.717, 1.165) is 17.2 Å². The molecule has 3 heterocycles. The van der Waals surface area contributed by atoms with Gasteiger partial charge in [-0.2, -0.15) is 0 Å². The van der Waals surface area contributed by atoms with E-state index in [2.05, 4.69) is 24.7 Å². The van der Waals surface area contributed by atoms with Gasteiger partial charge in [-0.15, -0.1) is 10.2 Å². The van der Waals surface area contributed by atoms with E-state index in [1.807, 2.05) is 37.3 Å². The van der Waals surface area contributed by atoms with Crippen LogP contribution in [0.3, 0.4) is 0 Å². The third kappa shape index (κ3) is 2.32. The standard InChI is InChI=1S/C16H16N6O2/c1-10-8-21(15(23)12-7-17-16(24)18-12)9-13-19-20-14(22(10)13)11-5-3-2-4-6-11/h2-7,10H,8-9H2,1H3,(H2,17,18,24)/t10-/m0/s1. The fourth-order valence-corrected chi connectivity index (χ4v) is 3.09. The molecule has 2 N–H and O–H groups in total. The highest BCUT2D eigenvalue weighted by atomic mass is 16.2. The first-order chi connectivity index (χ1) is 11.6. The van der Waals surface area contributed by atoms with Gasteiger partial charge in [-0.05, 0) is 6.92 Å². The van der Waals surface area contributed by atoms with E-state index in [9.17, 15) is 9.59 Å². The molecule has 1 amide bonds. The second kappa shape index (κ2) is 5.48. The summed E-state index contributed by atoms with van der Waals surface area (Å²) in [5.74, 6) is 1.31. The predicted molar refractivity (Wildman–Crippen MR) is 86.3 cm³/mol. The third-order valence-corrected chi connectivity index (χ3v) is 4.17. The highest BCUT2D eigenvalue weighted by Crippen LogP contribution is 2.27. The first-order valence-electron chi connectivity index (χ1n) is 7.69. The number of fused-ring (bicyclic) bond motifs is 1. The molecule has 0 unspecified atom stereocenters. The Bertz CT molecular complexity index is 939. The normalized spacial score (nSPS) is 16.9. The van der Waals surface area contributed by atoms with Gasteiger partial charge in [0.25, 0.3) is 5.91 Å². The SMILES string of the molecule is C[C@H]1CN(C(=O)c2c[nH]c(=O)[nH]2)Cc2nnc(-c3ccccc3)n21. The Balaban J connectivity index is 1.66. The molecule has 0 bridgehead atoms. The van der Waals surface area contributed by atoms with Crippen molar-refractivity contribution in [3.05, 3.63) is 58.5 Å². The number of benzene rings is 1. The van der Waals surface area contributed by atoms with Crippen LogP contribution < -0.4 is 5.69 Å². The molecule has 0 saturated heterocycles. The van der Waals surface area contributed by atoms with Gasteiger partial charge in [-0.3, -0.25) is 4.79 Å². The van der Waals surface area contributed by atoms with E-state index in [1.54, 1.807) is 4.90 Å². The van der Waals surface area contributed by atoms with Gasteiger partial charge < -0.3 is 19.4 Å². The largest absolute Gasteiger partial charge is 0.328 e. The molecule has 0 saturated carbocycles. The van der Waals surface area contributed by atoms with Gasteiger partial charge in [0.05, 0.1) is 12.6 Å². The van der Waals surface area contributed by atoms with Gasteiger partial charge in [-0.25, -0.2) is 4.79 Å². The van der Waals surface area contributed by atoms with Crippen LogP contribution in [0.5, 0.6) is 0 Å². The lowest BCUT2D eigenvalue weighted by Crippen LogP contribution is -2.40. The highest BCUT2D eigenvalue weighted by Gasteiger charge is 2.30. The smallest absolute Gasteiger partial charge is 0.323 e. The number of H-pyrrole nitrogens is 2. The molecule has 3 aromatic rings. The van der Waals surface area contributed by atoms with Crippen molar-refractivity contribution in [3.8, 4) is 11.4 Å². The van der Waals surface area contributed by atoms with E-state index in [4.69, 9.17) is 0 Å². The number of hydrogen-bond donors (Lipinski definition) is 2. The fraction of sp³-hybridized carbons (Fsp3) is 0.250. The topological polar surface area (TPSA) is 99.7 Å². The Morgan fingerprint density at radius 1 is 1.25 bits per heavy atom. The summed E-state index contributed by atoms with van der Waals surface area (Å²) in [6.45, 7) is 2.91. The highest BCUT2D eigenvalue weighted by molar-refractivity contribution is 5.92. The van der Waals surface area contributed by atoms with Crippen LogP contribution in [-0.4, -0.2) is 42.1 Å². The maximum absolute atomic E-state index is 12.5. The van der Waals surface area contributed by atoms with Gasteiger partial charge in [-0.1, -0.05) is 30.3 Å². The van der Waals surface area contributed by atoms with Crippen molar-refractivity contribution >= 4 is 5.91 Å². The van der Waals surface area contributed by atoms with E-state index in [0.29, 0.717) is 13.1 Å². The molecule has 0 aliphatic carbocycles. The Morgan fingerprint density at radius 2 is 2.04 bits per heavy atom. The zero-order valence-electron chi connectivity index (χ0n) is 13.1. The van der Waals surface area contributed by atoms with Crippen molar-refractivity contribution in [2.75, 3.05) is 6.54 Å². The molecule has 0 spiro atoms. The number of carbonyl (C=O) groups excluding carboxylic acids is 1. The van der Waals surface area contributed by atoms with Gasteiger partial charge in [0.1, 0.15) is 5.69 Å². The van der Waals surface area contributed by atoms with Crippen LogP contribution in [0.4, 0.5) is 0 Å². The molecule has 0 radical (unpaired) electrons. The summed E-state index contributed by atoms with van der Waals surface area (Å²) < 4.78 is 2.07. The Morgan fingerprint density at radius 3 is 2.75 bits per heavy atom. The second-order valence-corrected chi connectivity index (χ2v) is 5.87. The number of amides is 1. The fourth-order valence-electron chi connectivity index (χ4n) is 3.09. The van der Waals surface area contributed by atoms with Crippen LogP contribution in [0.25, 0.3) is 11.4 Å². The van der Waals surface area contributed by atoms with Crippen molar-refractivity contribution in [1.29, 1.82) is 0 Å². The molecular formula is C16H16N6O2. The molecule has 0 fully saturated rings. The molecule has 1 atom stereocenters. The summed E-state index contributed by atoms with van der Waals surface area (Å²) in [5, 5.41) is 8.55. The first-order valence-corrected chi connectivity index (χ1v) is 7.69. The van der Waals surface area contributed by atoms with Crippen LogP contribution in [-0.2, 0) is 6.54 Å². The van der Waals surface area contributed by atoms with Crippen LogP contribution in [0.2, 0.25) is 0 Å². The molecule has 122 valence electrons. The lowest BCUT2D eigenvalue weighted by atomic mass is 10.1. The van der Waals surface area contributed by atoms with Crippen LogP contribution in [0.15, 0.2) is 41.3 Å². The minimum absolute atomic E-state index is 0.0357. The molecule has 1 aliphatic rings. The quantitative estimate of drug-likeness (QED) is 0.739. The molecule has 8 heteroatoms. The number of aromatic amines is 2. The van der Waals surface area contributed by atoms with Gasteiger partial charge >= 0.3 is 5.69 Å².